The maximum atomic E-state index is 13.5. The first-order valence-electron chi connectivity index (χ1n) is 12.1. The van der Waals surface area contributed by atoms with Crippen LogP contribution < -0.4 is 15.6 Å². The number of ether oxygens (including phenoxy) is 1. The Kier molecular flexibility index (Phi) is 7.80. The van der Waals surface area contributed by atoms with Crippen LogP contribution >= 0.6 is 0 Å². The lowest BCUT2D eigenvalue weighted by Crippen LogP contribution is -2.27. The number of aryl methyl sites for hydroxylation is 1. The summed E-state index contributed by atoms with van der Waals surface area (Å²) in [7, 11) is 0. The zero-order valence-corrected chi connectivity index (χ0v) is 21.1. The normalized spacial score (nSPS) is 11.4. The van der Waals surface area contributed by atoms with E-state index in [1.54, 1.807) is 24.4 Å². The number of aromatic nitrogens is 2. The predicted molar refractivity (Wildman–Crippen MR) is 144 cm³/mol. The van der Waals surface area contributed by atoms with Gasteiger partial charge in [-0.05, 0) is 60.2 Å². The molecule has 0 atom stereocenters. The Balaban J connectivity index is 1.73. The summed E-state index contributed by atoms with van der Waals surface area (Å²) in [6, 6.07) is 22.7. The molecule has 1 amide bonds. The van der Waals surface area contributed by atoms with Crippen molar-refractivity contribution >= 4 is 17.6 Å². The molecule has 0 saturated heterocycles. The van der Waals surface area contributed by atoms with Gasteiger partial charge < -0.3 is 10.1 Å². The number of hydrogen-bond acceptors (Lipinski definition) is 5. The number of nitriles is 1. The molecule has 1 N–H and O–H groups in total. The van der Waals surface area contributed by atoms with Crippen molar-refractivity contribution in [1.82, 2.24) is 14.7 Å². The van der Waals surface area contributed by atoms with Crippen LogP contribution in [0.15, 0.2) is 83.3 Å². The van der Waals surface area contributed by atoms with Crippen LogP contribution in [0.25, 0.3) is 11.7 Å². The maximum Gasteiger partial charge on any atom is 0.269 e. The molecule has 0 aliphatic carbocycles. The Labute approximate surface area is 215 Å². The summed E-state index contributed by atoms with van der Waals surface area (Å²) in [5.74, 6) is 0.206. The highest BCUT2D eigenvalue weighted by molar-refractivity contribution is 6.01. The van der Waals surface area contributed by atoms with E-state index < -0.39 is 11.5 Å². The third-order valence-electron chi connectivity index (χ3n) is 5.93. The molecule has 0 fully saturated rings. The minimum Gasteiger partial charge on any atom is -0.438 e. The number of rotatable bonds is 8. The van der Waals surface area contributed by atoms with Crippen LogP contribution in [0.3, 0.4) is 0 Å². The van der Waals surface area contributed by atoms with Gasteiger partial charge in [0.05, 0.1) is 0 Å². The molecule has 0 radical (unpaired) electrons. The van der Waals surface area contributed by atoms with Crippen molar-refractivity contribution in [2.45, 2.75) is 33.1 Å². The highest BCUT2D eigenvalue weighted by Gasteiger charge is 2.19. The molecule has 186 valence electrons. The van der Waals surface area contributed by atoms with Crippen LogP contribution in [-0.4, -0.2) is 21.8 Å². The van der Waals surface area contributed by atoms with Gasteiger partial charge in [-0.15, -0.1) is 0 Å². The van der Waals surface area contributed by atoms with Crippen LogP contribution in [0.2, 0.25) is 0 Å². The molecule has 7 nitrogen and oxygen atoms in total. The molecule has 2 aromatic carbocycles. The third kappa shape index (κ3) is 5.93. The van der Waals surface area contributed by atoms with Gasteiger partial charge in [0.25, 0.3) is 11.5 Å². The van der Waals surface area contributed by atoms with Gasteiger partial charge in [-0.2, -0.15) is 10.2 Å². The fourth-order valence-corrected chi connectivity index (χ4v) is 3.95. The van der Waals surface area contributed by atoms with Gasteiger partial charge in [0, 0.05) is 12.7 Å². The zero-order valence-electron chi connectivity index (χ0n) is 21.1. The van der Waals surface area contributed by atoms with Crippen molar-refractivity contribution in [2.24, 2.45) is 0 Å². The summed E-state index contributed by atoms with van der Waals surface area (Å²) in [5, 5.41) is 12.5. The quantitative estimate of drug-likeness (QED) is 0.270. The minimum absolute atomic E-state index is 0.0228. The molecule has 0 bridgehead atoms. The molecule has 37 heavy (non-hydrogen) atoms. The summed E-state index contributed by atoms with van der Waals surface area (Å²) in [6.45, 7) is 6.40. The first kappa shape index (κ1) is 25.4. The van der Waals surface area contributed by atoms with Gasteiger partial charge in [-0.3, -0.25) is 14.0 Å². The Bertz CT molecular complexity index is 1560. The summed E-state index contributed by atoms with van der Waals surface area (Å²) in [5.41, 5.74) is 2.78. The summed E-state index contributed by atoms with van der Waals surface area (Å²) < 4.78 is 7.59. The lowest BCUT2D eigenvalue weighted by Gasteiger charge is -2.16. The second-order valence-electron chi connectivity index (χ2n) is 9.02. The van der Waals surface area contributed by atoms with Crippen molar-refractivity contribution < 1.29 is 9.53 Å². The van der Waals surface area contributed by atoms with Gasteiger partial charge >= 0.3 is 0 Å². The third-order valence-corrected chi connectivity index (χ3v) is 5.93. The number of hydrogen-bond donors (Lipinski definition) is 1. The number of fused-ring (bicyclic) bond motifs is 1. The maximum absolute atomic E-state index is 13.5. The van der Waals surface area contributed by atoms with E-state index in [0.717, 1.165) is 16.7 Å². The lowest BCUT2D eigenvalue weighted by molar-refractivity contribution is -0.117. The van der Waals surface area contributed by atoms with Crippen molar-refractivity contribution in [3.05, 3.63) is 111 Å². The topological polar surface area (TPSA) is 96.5 Å². The summed E-state index contributed by atoms with van der Waals surface area (Å²) in [4.78, 5) is 30.8. The van der Waals surface area contributed by atoms with E-state index in [2.05, 4.69) is 24.1 Å². The molecule has 2 aromatic heterocycles. The Morgan fingerprint density at radius 1 is 1.14 bits per heavy atom. The van der Waals surface area contributed by atoms with Crippen molar-refractivity contribution in [3.8, 4) is 17.7 Å². The van der Waals surface area contributed by atoms with Gasteiger partial charge in [-0.25, -0.2) is 0 Å². The smallest absolute Gasteiger partial charge is 0.269 e. The van der Waals surface area contributed by atoms with E-state index >= 15 is 0 Å². The van der Waals surface area contributed by atoms with Crippen LogP contribution in [0.1, 0.15) is 42.0 Å². The molecule has 0 aliphatic rings. The van der Waals surface area contributed by atoms with E-state index in [0.29, 0.717) is 24.4 Å². The van der Waals surface area contributed by atoms with E-state index in [4.69, 9.17) is 4.74 Å². The lowest BCUT2D eigenvalue weighted by atomic mass is 10.0. The molecule has 7 heteroatoms. The molecule has 0 saturated carbocycles. The van der Waals surface area contributed by atoms with Gasteiger partial charge in [0.2, 0.25) is 5.88 Å². The molecule has 4 aromatic rings. The summed E-state index contributed by atoms with van der Waals surface area (Å²) >= 11 is 0. The average molecular weight is 493 g/mol. The van der Waals surface area contributed by atoms with Crippen LogP contribution in [0.4, 0.5) is 0 Å². The monoisotopic (exact) mass is 492 g/mol. The van der Waals surface area contributed by atoms with Crippen molar-refractivity contribution in [3.63, 3.8) is 0 Å². The van der Waals surface area contributed by atoms with E-state index in [9.17, 15) is 14.9 Å². The molecular weight excluding hydrogens is 464 g/mol. The van der Waals surface area contributed by atoms with Gasteiger partial charge in [0.15, 0.2) is 0 Å². The van der Waals surface area contributed by atoms with Crippen molar-refractivity contribution in [2.75, 3.05) is 6.54 Å². The average Bonchev–Trinajstić information content (AvgIpc) is 2.89. The Morgan fingerprint density at radius 2 is 1.89 bits per heavy atom. The first-order chi connectivity index (χ1) is 17.9. The predicted octanol–water partition coefficient (Wildman–Crippen LogP) is 5.18. The zero-order chi connectivity index (χ0) is 26.4. The minimum atomic E-state index is -0.569. The Morgan fingerprint density at radius 3 is 2.62 bits per heavy atom. The standard InChI is InChI=1S/C30H28N4O3/c1-20(2)24-13-12-21(3)17-26(24)37-29-25(30(36)34-16-8-7-11-27(34)33-29)18-23(19-31)28(35)32-15-14-22-9-5-4-6-10-22/h4-13,16-18,20H,14-15H2,1-3H3,(H,32,35). The fourth-order valence-electron chi connectivity index (χ4n) is 3.95. The van der Waals surface area contributed by atoms with Crippen LogP contribution in [0, 0.1) is 18.3 Å². The van der Waals surface area contributed by atoms with E-state index in [-0.39, 0.29) is 22.9 Å². The van der Waals surface area contributed by atoms with Crippen LogP contribution in [0.5, 0.6) is 11.6 Å². The highest BCUT2D eigenvalue weighted by Crippen LogP contribution is 2.32. The second-order valence-corrected chi connectivity index (χ2v) is 9.02. The SMILES string of the molecule is Cc1ccc(C(C)C)c(Oc2nc3ccccn3c(=O)c2C=C(C#N)C(=O)NCCc2ccccc2)c1. The largest absolute Gasteiger partial charge is 0.438 e. The summed E-state index contributed by atoms with van der Waals surface area (Å²) in [6.07, 6.45) is 3.46. The number of nitrogens with zero attached hydrogens (tertiary/aromatic N) is 3. The number of nitrogens with one attached hydrogen (secondary N) is 1. The number of pyridine rings is 1. The molecule has 0 spiro atoms. The van der Waals surface area contributed by atoms with Crippen molar-refractivity contribution in [1.29, 1.82) is 5.26 Å². The molecular formula is C30H28N4O3. The number of amides is 1. The number of benzene rings is 2. The van der Waals surface area contributed by atoms with Gasteiger partial charge in [0.1, 0.15) is 28.6 Å². The molecule has 0 unspecified atom stereocenters. The van der Waals surface area contributed by atoms with E-state index in [1.165, 1.54) is 10.5 Å². The second kappa shape index (κ2) is 11.4. The van der Waals surface area contributed by atoms with Crippen LogP contribution in [-0.2, 0) is 11.2 Å². The van der Waals surface area contributed by atoms with Gasteiger partial charge in [-0.1, -0.05) is 62.4 Å². The number of carbonyl (C=O) groups is 1. The molecule has 4 rings (SSSR count). The fraction of sp³-hybridized carbons (Fsp3) is 0.200. The van der Waals surface area contributed by atoms with E-state index in [1.807, 2.05) is 61.5 Å². The first-order valence-corrected chi connectivity index (χ1v) is 12.1. The highest BCUT2D eigenvalue weighted by atomic mass is 16.5. The Hall–Kier alpha value is -4.70. The number of carbonyl (C=O) groups excluding carboxylic acids is 1. The molecule has 0 aliphatic heterocycles. The molecule has 2 heterocycles.